The zero-order valence-corrected chi connectivity index (χ0v) is 11.6. The molecule has 2 rings (SSSR count). The number of nitrogens with one attached hydrogen (secondary N) is 1. The number of terminal acetylenes is 1. The highest BCUT2D eigenvalue weighted by Crippen LogP contribution is 2.22. The molecule has 2 unspecified atom stereocenters. The van der Waals surface area contributed by atoms with Gasteiger partial charge in [0.15, 0.2) is 11.6 Å². The fourth-order valence-electron chi connectivity index (χ4n) is 2.20. The van der Waals surface area contributed by atoms with Gasteiger partial charge in [-0.05, 0) is 24.5 Å². The van der Waals surface area contributed by atoms with Gasteiger partial charge in [-0.3, -0.25) is 0 Å². The molecule has 4 nitrogen and oxygen atoms in total. The van der Waals surface area contributed by atoms with Crippen LogP contribution in [-0.2, 0) is 0 Å². The van der Waals surface area contributed by atoms with Crippen molar-refractivity contribution in [3.63, 3.8) is 0 Å². The van der Waals surface area contributed by atoms with Gasteiger partial charge in [-0.25, -0.2) is 13.6 Å². The molecule has 2 N–H and O–H groups in total. The number of aliphatic hydroxyl groups excluding tert-OH is 1. The van der Waals surface area contributed by atoms with E-state index in [4.69, 9.17) is 6.42 Å². The van der Waals surface area contributed by atoms with Crippen LogP contribution in [0.3, 0.4) is 0 Å². The first-order chi connectivity index (χ1) is 9.92. The van der Waals surface area contributed by atoms with Gasteiger partial charge in [0.1, 0.15) is 5.69 Å². The molecule has 0 saturated carbocycles. The molecule has 1 aromatic carbocycles. The Morgan fingerprint density at radius 1 is 1.48 bits per heavy atom. The maximum Gasteiger partial charge on any atom is 0.322 e. The summed E-state index contributed by atoms with van der Waals surface area (Å²) >= 11 is 0. The molecule has 0 aromatic heterocycles. The number of carbonyl (C=O) groups is 1. The molecule has 1 heterocycles. The van der Waals surface area contributed by atoms with Gasteiger partial charge in [-0.15, -0.1) is 6.42 Å². The first kappa shape index (κ1) is 15.3. The van der Waals surface area contributed by atoms with E-state index in [-0.39, 0.29) is 18.0 Å². The number of amides is 2. The Labute approximate surface area is 121 Å². The number of likely N-dealkylation sites (tertiary alicyclic amines) is 1. The number of β-amino-alcohol motifs (C(OH)–C–C–N with tert-alkyl or cyclic N) is 1. The number of anilines is 1. The molecular formula is C15H16F2N2O2. The van der Waals surface area contributed by atoms with Gasteiger partial charge < -0.3 is 15.3 Å². The molecule has 0 radical (unpaired) electrons. The van der Waals surface area contributed by atoms with E-state index in [1.54, 1.807) is 0 Å². The molecule has 1 fully saturated rings. The lowest BCUT2D eigenvalue weighted by atomic mass is 9.96. The summed E-state index contributed by atoms with van der Waals surface area (Å²) in [6.45, 7) is 2.45. The Morgan fingerprint density at radius 3 is 2.62 bits per heavy atom. The summed E-state index contributed by atoms with van der Waals surface area (Å²) in [5.41, 5.74) is -0.475. The van der Waals surface area contributed by atoms with Crippen LogP contribution in [0, 0.1) is 29.9 Å². The number of rotatable bonds is 1. The van der Waals surface area contributed by atoms with Gasteiger partial charge in [0.05, 0.1) is 6.10 Å². The van der Waals surface area contributed by atoms with Crippen LogP contribution < -0.4 is 5.32 Å². The smallest absolute Gasteiger partial charge is 0.322 e. The Kier molecular flexibility index (Phi) is 4.43. The Balaban J connectivity index is 2.12. The summed E-state index contributed by atoms with van der Waals surface area (Å²) in [6.07, 6.45) is 5.08. The molecule has 1 saturated heterocycles. The van der Waals surface area contributed by atoms with Gasteiger partial charge >= 0.3 is 6.03 Å². The first-order valence-corrected chi connectivity index (χ1v) is 6.62. The summed E-state index contributed by atoms with van der Waals surface area (Å²) in [5, 5.41) is 11.9. The Bertz CT molecular complexity index is 575. The normalized spacial score (nSPS) is 21.8. The van der Waals surface area contributed by atoms with E-state index in [0.29, 0.717) is 13.0 Å². The van der Waals surface area contributed by atoms with Crippen molar-refractivity contribution in [1.29, 1.82) is 0 Å². The van der Waals surface area contributed by atoms with E-state index in [9.17, 15) is 18.7 Å². The molecule has 0 bridgehead atoms. The summed E-state index contributed by atoms with van der Waals surface area (Å²) in [4.78, 5) is 13.3. The third kappa shape index (κ3) is 3.31. The van der Waals surface area contributed by atoms with Crippen LogP contribution >= 0.6 is 0 Å². The average molecular weight is 294 g/mol. The molecule has 2 atom stereocenters. The summed E-state index contributed by atoms with van der Waals surface area (Å²) in [6, 6.07) is 1.31. The van der Waals surface area contributed by atoms with E-state index in [1.165, 1.54) is 4.90 Å². The molecule has 6 heteroatoms. The second-order valence-corrected chi connectivity index (χ2v) is 5.17. The molecule has 1 aliphatic rings. The van der Waals surface area contributed by atoms with Crippen molar-refractivity contribution in [3.05, 3.63) is 29.3 Å². The van der Waals surface area contributed by atoms with E-state index in [2.05, 4.69) is 11.2 Å². The predicted octanol–water partition coefficient (Wildman–Crippen LogP) is 2.18. The third-order valence-corrected chi connectivity index (χ3v) is 3.65. The van der Waals surface area contributed by atoms with Crippen LogP contribution in [0.1, 0.15) is 18.9 Å². The van der Waals surface area contributed by atoms with Crippen LogP contribution in [-0.4, -0.2) is 35.2 Å². The Hall–Kier alpha value is -2.13. The summed E-state index contributed by atoms with van der Waals surface area (Å²) in [5.74, 6) is 0.365. The van der Waals surface area contributed by atoms with E-state index >= 15 is 0 Å². The number of nitrogens with zero attached hydrogens (tertiary/aromatic N) is 1. The number of piperidine rings is 1. The van der Waals surface area contributed by atoms with Gasteiger partial charge in [-0.1, -0.05) is 12.8 Å². The number of halogens is 2. The molecule has 1 aliphatic heterocycles. The van der Waals surface area contributed by atoms with Crippen molar-refractivity contribution >= 4 is 11.7 Å². The van der Waals surface area contributed by atoms with Gasteiger partial charge in [0.25, 0.3) is 0 Å². The monoisotopic (exact) mass is 294 g/mol. The highest BCUT2D eigenvalue weighted by molar-refractivity contribution is 5.89. The van der Waals surface area contributed by atoms with Gasteiger partial charge in [0.2, 0.25) is 0 Å². The fraction of sp³-hybridized carbons (Fsp3) is 0.400. The van der Waals surface area contributed by atoms with E-state index in [1.807, 2.05) is 6.92 Å². The predicted molar refractivity (Wildman–Crippen MR) is 74.7 cm³/mol. The molecule has 0 spiro atoms. The van der Waals surface area contributed by atoms with Gasteiger partial charge in [-0.2, -0.15) is 0 Å². The zero-order valence-electron chi connectivity index (χ0n) is 11.6. The summed E-state index contributed by atoms with van der Waals surface area (Å²) < 4.78 is 27.5. The second kappa shape index (κ2) is 6.10. The molecule has 2 amide bonds. The maximum atomic E-state index is 13.7. The van der Waals surface area contributed by atoms with Crippen LogP contribution in [0.5, 0.6) is 0 Å². The Morgan fingerprint density at radius 2 is 2.10 bits per heavy atom. The van der Waals surface area contributed by atoms with E-state index in [0.717, 1.165) is 12.1 Å². The summed E-state index contributed by atoms with van der Waals surface area (Å²) in [7, 11) is 0. The lowest BCUT2D eigenvalue weighted by Gasteiger charge is -2.34. The fourth-order valence-corrected chi connectivity index (χ4v) is 2.20. The quantitative estimate of drug-likeness (QED) is 0.780. The lowest BCUT2D eigenvalue weighted by Crippen LogP contribution is -2.47. The molecular weight excluding hydrogens is 278 g/mol. The zero-order chi connectivity index (χ0) is 15.6. The second-order valence-electron chi connectivity index (χ2n) is 5.17. The highest BCUT2D eigenvalue weighted by Gasteiger charge is 2.28. The number of hydrogen-bond acceptors (Lipinski definition) is 2. The SMILES string of the molecule is C#Cc1cc(F)c(NC(=O)N2CCC(C)C(O)C2)c(F)c1. The average Bonchev–Trinajstić information content (AvgIpc) is 2.45. The number of benzene rings is 1. The first-order valence-electron chi connectivity index (χ1n) is 6.62. The van der Waals surface area contributed by atoms with Crippen molar-refractivity contribution in [1.82, 2.24) is 4.90 Å². The number of carbonyl (C=O) groups excluding carboxylic acids is 1. The van der Waals surface area contributed by atoms with Crippen LogP contribution in [0.2, 0.25) is 0 Å². The maximum absolute atomic E-state index is 13.7. The van der Waals surface area contributed by atoms with E-state index < -0.39 is 29.5 Å². The van der Waals surface area contributed by atoms with Crippen LogP contribution in [0.25, 0.3) is 0 Å². The molecule has 0 aliphatic carbocycles. The van der Waals surface area contributed by atoms with Gasteiger partial charge in [0, 0.05) is 18.7 Å². The van der Waals surface area contributed by atoms with Crippen molar-refractivity contribution in [2.75, 3.05) is 18.4 Å². The number of aliphatic hydroxyl groups is 1. The van der Waals surface area contributed by atoms with Crippen molar-refractivity contribution in [2.45, 2.75) is 19.4 Å². The van der Waals surface area contributed by atoms with Crippen molar-refractivity contribution < 1.29 is 18.7 Å². The topological polar surface area (TPSA) is 52.6 Å². The van der Waals surface area contributed by atoms with Crippen molar-refractivity contribution in [3.8, 4) is 12.3 Å². The number of urea groups is 1. The van der Waals surface area contributed by atoms with Crippen molar-refractivity contribution in [2.24, 2.45) is 5.92 Å². The van der Waals surface area contributed by atoms with Crippen LogP contribution in [0.4, 0.5) is 19.3 Å². The lowest BCUT2D eigenvalue weighted by molar-refractivity contribution is 0.0463. The number of hydrogen-bond donors (Lipinski definition) is 2. The molecule has 112 valence electrons. The standard InChI is InChI=1S/C15H16F2N2O2/c1-3-10-6-11(16)14(12(17)7-10)18-15(21)19-5-4-9(2)13(20)8-19/h1,6-7,9,13,20H,4-5,8H2,2H3,(H,18,21). The van der Waals surface area contributed by atoms with Crippen LogP contribution in [0.15, 0.2) is 12.1 Å². The minimum Gasteiger partial charge on any atom is -0.391 e. The molecule has 21 heavy (non-hydrogen) atoms. The minimum absolute atomic E-state index is 0.0604. The minimum atomic E-state index is -0.928. The largest absolute Gasteiger partial charge is 0.391 e. The third-order valence-electron chi connectivity index (χ3n) is 3.65. The highest BCUT2D eigenvalue weighted by atomic mass is 19.1. The molecule has 1 aromatic rings.